The van der Waals surface area contributed by atoms with Gasteiger partial charge in [0.05, 0.1) is 6.10 Å². The summed E-state index contributed by atoms with van der Waals surface area (Å²) in [5, 5.41) is 0. The summed E-state index contributed by atoms with van der Waals surface area (Å²) >= 11 is 0. The lowest BCUT2D eigenvalue weighted by Crippen LogP contribution is -2.37. The van der Waals surface area contributed by atoms with Gasteiger partial charge in [-0.25, -0.2) is 0 Å². The molecule has 1 saturated carbocycles. The lowest BCUT2D eigenvalue weighted by molar-refractivity contribution is 0.242. The molecule has 3 heteroatoms. The molecule has 3 nitrogen and oxygen atoms in total. The molecule has 2 rings (SSSR count). The van der Waals surface area contributed by atoms with E-state index in [9.17, 15) is 0 Å². The van der Waals surface area contributed by atoms with Crippen LogP contribution in [0.4, 0.5) is 11.4 Å². The molecule has 0 amide bonds. The fourth-order valence-electron chi connectivity index (χ4n) is 2.13. The Morgan fingerprint density at radius 3 is 2.53 bits per heavy atom. The molecule has 1 fully saturated rings. The Morgan fingerprint density at radius 1 is 1.29 bits per heavy atom. The van der Waals surface area contributed by atoms with E-state index in [0.717, 1.165) is 17.1 Å². The van der Waals surface area contributed by atoms with Crippen molar-refractivity contribution in [2.75, 3.05) is 17.7 Å². The Labute approximate surface area is 104 Å². The summed E-state index contributed by atoms with van der Waals surface area (Å²) in [6.45, 7) is 4.05. The highest BCUT2D eigenvalue weighted by Gasteiger charge is 2.22. The van der Waals surface area contributed by atoms with Crippen molar-refractivity contribution in [3.05, 3.63) is 18.2 Å². The first-order chi connectivity index (χ1) is 8.06. The zero-order valence-corrected chi connectivity index (χ0v) is 10.9. The molecule has 2 N–H and O–H groups in total. The van der Waals surface area contributed by atoms with Gasteiger partial charge < -0.3 is 15.4 Å². The van der Waals surface area contributed by atoms with E-state index in [1.807, 2.05) is 26.0 Å². The van der Waals surface area contributed by atoms with Gasteiger partial charge in [-0.1, -0.05) is 0 Å². The van der Waals surface area contributed by atoms with E-state index in [1.165, 1.54) is 19.3 Å². The zero-order valence-electron chi connectivity index (χ0n) is 10.9. The van der Waals surface area contributed by atoms with Crippen LogP contribution in [0.1, 0.15) is 33.1 Å². The first kappa shape index (κ1) is 12.1. The van der Waals surface area contributed by atoms with Crippen LogP contribution in [0.2, 0.25) is 0 Å². The Kier molecular flexibility index (Phi) is 3.46. The summed E-state index contributed by atoms with van der Waals surface area (Å²) in [7, 11) is 2.14. The third-order valence-corrected chi connectivity index (χ3v) is 3.32. The van der Waals surface area contributed by atoms with Gasteiger partial charge in [-0.3, -0.25) is 0 Å². The maximum absolute atomic E-state index is 5.93. The van der Waals surface area contributed by atoms with E-state index in [1.54, 1.807) is 0 Å². The van der Waals surface area contributed by atoms with Crippen molar-refractivity contribution in [3.63, 3.8) is 0 Å². The number of nitrogen functional groups attached to an aromatic ring is 1. The maximum Gasteiger partial charge on any atom is 0.123 e. The molecule has 1 aliphatic rings. The maximum atomic E-state index is 5.93. The van der Waals surface area contributed by atoms with Crippen molar-refractivity contribution in [2.45, 2.75) is 45.3 Å². The van der Waals surface area contributed by atoms with Gasteiger partial charge in [0.25, 0.3) is 0 Å². The summed E-state index contributed by atoms with van der Waals surface area (Å²) in [5.41, 5.74) is 7.85. The van der Waals surface area contributed by atoms with E-state index in [4.69, 9.17) is 10.5 Å². The fraction of sp³-hybridized carbons (Fsp3) is 0.571. The molecular weight excluding hydrogens is 212 g/mol. The van der Waals surface area contributed by atoms with Gasteiger partial charge in [0.2, 0.25) is 0 Å². The van der Waals surface area contributed by atoms with Gasteiger partial charge in [0.1, 0.15) is 5.75 Å². The molecular formula is C14H22N2O. The third kappa shape index (κ3) is 2.84. The van der Waals surface area contributed by atoms with Crippen LogP contribution in [0.3, 0.4) is 0 Å². The van der Waals surface area contributed by atoms with Gasteiger partial charge in [-0.05, 0) is 39.2 Å². The Balaban J connectivity index is 2.18. The second-order valence-electron chi connectivity index (χ2n) is 5.12. The average Bonchev–Trinajstić information content (AvgIpc) is 2.12. The largest absolute Gasteiger partial charge is 0.491 e. The van der Waals surface area contributed by atoms with E-state index in [2.05, 4.69) is 18.0 Å². The third-order valence-electron chi connectivity index (χ3n) is 3.32. The molecule has 0 bridgehead atoms. The standard InChI is InChI=1S/C14H22N2O/c1-10(2)17-14-8-11(15)7-13(9-14)16(3)12-5-4-6-12/h7-10,12H,4-6,15H2,1-3H3. The van der Waals surface area contributed by atoms with Crippen molar-refractivity contribution in [1.29, 1.82) is 0 Å². The summed E-state index contributed by atoms with van der Waals surface area (Å²) in [6.07, 6.45) is 4.09. The van der Waals surface area contributed by atoms with Gasteiger partial charge in [-0.15, -0.1) is 0 Å². The molecule has 0 aromatic heterocycles. The smallest absolute Gasteiger partial charge is 0.123 e. The van der Waals surface area contributed by atoms with E-state index >= 15 is 0 Å². The minimum absolute atomic E-state index is 0.179. The molecule has 0 heterocycles. The lowest BCUT2D eigenvalue weighted by atomic mass is 9.91. The van der Waals surface area contributed by atoms with Crippen LogP contribution in [-0.4, -0.2) is 19.2 Å². The molecule has 0 saturated heterocycles. The Hall–Kier alpha value is -1.38. The number of benzene rings is 1. The van der Waals surface area contributed by atoms with Crippen LogP contribution in [0, 0.1) is 0 Å². The average molecular weight is 234 g/mol. The highest BCUT2D eigenvalue weighted by atomic mass is 16.5. The molecule has 1 aromatic carbocycles. The number of nitrogens with zero attached hydrogens (tertiary/aromatic N) is 1. The number of hydrogen-bond acceptors (Lipinski definition) is 3. The normalized spacial score (nSPS) is 15.8. The SMILES string of the molecule is CC(C)Oc1cc(N)cc(N(C)C2CCC2)c1. The van der Waals surface area contributed by atoms with Crippen molar-refractivity contribution < 1.29 is 4.74 Å². The van der Waals surface area contributed by atoms with E-state index < -0.39 is 0 Å². The minimum Gasteiger partial charge on any atom is -0.491 e. The number of ether oxygens (including phenoxy) is 1. The molecule has 1 aromatic rings. The quantitative estimate of drug-likeness (QED) is 0.814. The van der Waals surface area contributed by atoms with Crippen LogP contribution in [-0.2, 0) is 0 Å². The molecule has 94 valence electrons. The number of anilines is 2. The highest BCUT2D eigenvalue weighted by Crippen LogP contribution is 2.32. The van der Waals surface area contributed by atoms with E-state index in [-0.39, 0.29) is 6.10 Å². The monoisotopic (exact) mass is 234 g/mol. The van der Waals surface area contributed by atoms with Crippen LogP contribution in [0.5, 0.6) is 5.75 Å². The van der Waals surface area contributed by atoms with Crippen molar-refractivity contribution >= 4 is 11.4 Å². The highest BCUT2D eigenvalue weighted by molar-refractivity contribution is 5.60. The summed E-state index contributed by atoms with van der Waals surface area (Å²) in [4.78, 5) is 2.31. The van der Waals surface area contributed by atoms with Gasteiger partial charge in [0.15, 0.2) is 0 Å². The molecule has 17 heavy (non-hydrogen) atoms. The van der Waals surface area contributed by atoms with Gasteiger partial charge in [-0.2, -0.15) is 0 Å². The molecule has 0 spiro atoms. The van der Waals surface area contributed by atoms with Crippen molar-refractivity contribution in [3.8, 4) is 5.75 Å². The zero-order chi connectivity index (χ0) is 12.4. The van der Waals surface area contributed by atoms with E-state index in [0.29, 0.717) is 6.04 Å². The van der Waals surface area contributed by atoms with Crippen LogP contribution >= 0.6 is 0 Å². The molecule has 0 radical (unpaired) electrons. The van der Waals surface area contributed by atoms with Crippen LogP contribution in [0.15, 0.2) is 18.2 Å². The summed E-state index contributed by atoms with van der Waals surface area (Å²) < 4.78 is 5.71. The predicted molar refractivity (Wildman–Crippen MR) is 72.7 cm³/mol. The minimum atomic E-state index is 0.179. The fourth-order valence-corrected chi connectivity index (χ4v) is 2.13. The Bertz CT molecular complexity index is 386. The first-order valence-electron chi connectivity index (χ1n) is 6.36. The van der Waals surface area contributed by atoms with Crippen molar-refractivity contribution in [1.82, 2.24) is 0 Å². The summed E-state index contributed by atoms with van der Waals surface area (Å²) in [6, 6.07) is 6.65. The van der Waals surface area contributed by atoms with Crippen LogP contribution < -0.4 is 15.4 Å². The lowest BCUT2D eigenvalue weighted by Gasteiger charge is -2.36. The number of hydrogen-bond donors (Lipinski definition) is 1. The predicted octanol–water partition coefficient (Wildman–Crippen LogP) is 3.04. The molecule has 0 atom stereocenters. The van der Waals surface area contributed by atoms with Gasteiger partial charge >= 0.3 is 0 Å². The first-order valence-corrected chi connectivity index (χ1v) is 6.36. The number of nitrogens with two attached hydrogens (primary N) is 1. The van der Waals surface area contributed by atoms with Gasteiger partial charge in [0, 0.05) is 36.6 Å². The number of rotatable bonds is 4. The van der Waals surface area contributed by atoms with Crippen molar-refractivity contribution in [2.24, 2.45) is 0 Å². The Morgan fingerprint density at radius 2 is 2.00 bits per heavy atom. The second-order valence-corrected chi connectivity index (χ2v) is 5.12. The van der Waals surface area contributed by atoms with Crippen LogP contribution in [0.25, 0.3) is 0 Å². The topological polar surface area (TPSA) is 38.5 Å². The molecule has 0 unspecified atom stereocenters. The molecule has 0 aliphatic heterocycles. The summed E-state index contributed by atoms with van der Waals surface area (Å²) in [5.74, 6) is 0.862. The second kappa shape index (κ2) is 4.86. The molecule has 1 aliphatic carbocycles.